The summed E-state index contributed by atoms with van der Waals surface area (Å²) in [5, 5.41) is 0. The molecule has 1 aliphatic heterocycles. The number of rotatable bonds is 2. The van der Waals surface area contributed by atoms with Gasteiger partial charge in [0.15, 0.2) is 0 Å². The number of aromatic nitrogens is 2. The van der Waals surface area contributed by atoms with Crippen molar-refractivity contribution >= 4 is 17.3 Å². The van der Waals surface area contributed by atoms with Crippen LogP contribution in [0.2, 0.25) is 0 Å². The van der Waals surface area contributed by atoms with E-state index in [0.29, 0.717) is 0 Å². The van der Waals surface area contributed by atoms with E-state index < -0.39 is 0 Å². The van der Waals surface area contributed by atoms with Gasteiger partial charge in [-0.3, -0.25) is 4.90 Å². The van der Waals surface area contributed by atoms with E-state index in [1.165, 1.54) is 11.1 Å². The number of hydrogen-bond donors (Lipinski definition) is 0. The molecule has 0 amide bonds. The van der Waals surface area contributed by atoms with Gasteiger partial charge >= 0.3 is 0 Å². The highest BCUT2D eigenvalue weighted by molar-refractivity contribution is 5.82. The molecule has 0 aliphatic carbocycles. The Balaban J connectivity index is 1.98. The Bertz CT molecular complexity index is 830. The van der Waals surface area contributed by atoms with Crippen molar-refractivity contribution in [2.75, 3.05) is 12.0 Å². The Kier molecular flexibility index (Phi) is 3.23. The zero-order valence-electron chi connectivity index (χ0n) is 13.2. The van der Waals surface area contributed by atoms with E-state index in [1.54, 1.807) is 7.11 Å². The highest BCUT2D eigenvalue weighted by Crippen LogP contribution is 2.44. The van der Waals surface area contributed by atoms with Crippen molar-refractivity contribution in [3.8, 4) is 5.75 Å². The Hall–Kier alpha value is -2.88. The molecule has 114 valence electrons. The Morgan fingerprint density at radius 1 is 0.957 bits per heavy atom. The molecule has 0 bridgehead atoms. The first kappa shape index (κ1) is 13.8. The molecule has 0 spiro atoms. The molecule has 0 fully saturated rings. The normalized spacial score (nSPS) is 12.5. The van der Waals surface area contributed by atoms with Crippen LogP contribution in [-0.4, -0.2) is 17.1 Å². The Morgan fingerprint density at radius 2 is 1.61 bits per heavy atom. The molecule has 4 rings (SSSR count). The average molecular weight is 303 g/mol. The first-order valence-corrected chi connectivity index (χ1v) is 7.60. The van der Waals surface area contributed by atoms with Crippen molar-refractivity contribution in [3.05, 3.63) is 71.5 Å². The van der Waals surface area contributed by atoms with Gasteiger partial charge in [-0.15, -0.1) is 0 Å². The summed E-state index contributed by atoms with van der Waals surface area (Å²) in [7, 11) is 1.70. The smallest absolute Gasteiger partial charge is 0.143 e. The zero-order valence-corrected chi connectivity index (χ0v) is 13.2. The van der Waals surface area contributed by atoms with Gasteiger partial charge in [0.1, 0.15) is 17.4 Å². The van der Waals surface area contributed by atoms with Crippen LogP contribution in [0.15, 0.2) is 54.9 Å². The van der Waals surface area contributed by atoms with Crippen LogP contribution in [0.5, 0.6) is 5.75 Å². The number of ether oxygens (including phenoxy) is 1. The SMILES string of the molecule is COc1cc(C)ccc1N1c2ncccc2Cc2cccnc21. The van der Waals surface area contributed by atoms with Crippen molar-refractivity contribution in [2.24, 2.45) is 0 Å². The topological polar surface area (TPSA) is 38.2 Å². The minimum atomic E-state index is 0.820. The van der Waals surface area contributed by atoms with E-state index in [0.717, 1.165) is 35.1 Å². The molecule has 1 aromatic carbocycles. The fourth-order valence-electron chi connectivity index (χ4n) is 3.04. The minimum absolute atomic E-state index is 0.820. The molecule has 0 unspecified atom stereocenters. The van der Waals surface area contributed by atoms with Gasteiger partial charge in [0.2, 0.25) is 0 Å². The van der Waals surface area contributed by atoms with Gasteiger partial charge in [-0.1, -0.05) is 18.2 Å². The minimum Gasteiger partial charge on any atom is -0.495 e. The summed E-state index contributed by atoms with van der Waals surface area (Å²) in [5.41, 5.74) is 4.49. The third-order valence-electron chi connectivity index (χ3n) is 4.12. The van der Waals surface area contributed by atoms with Crippen molar-refractivity contribution in [2.45, 2.75) is 13.3 Å². The first-order valence-electron chi connectivity index (χ1n) is 7.60. The lowest BCUT2D eigenvalue weighted by Gasteiger charge is -2.31. The second-order valence-electron chi connectivity index (χ2n) is 5.66. The molecule has 3 aromatic rings. The molecule has 23 heavy (non-hydrogen) atoms. The van der Waals surface area contributed by atoms with Crippen molar-refractivity contribution < 1.29 is 4.74 Å². The molecule has 4 nitrogen and oxygen atoms in total. The summed E-state index contributed by atoms with van der Waals surface area (Å²) in [4.78, 5) is 11.3. The molecule has 0 atom stereocenters. The number of fused-ring (bicyclic) bond motifs is 2. The number of hydrogen-bond acceptors (Lipinski definition) is 4. The maximum absolute atomic E-state index is 5.61. The van der Waals surface area contributed by atoms with Crippen LogP contribution < -0.4 is 9.64 Å². The van der Waals surface area contributed by atoms with Gasteiger partial charge < -0.3 is 4.74 Å². The quantitative estimate of drug-likeness (QED) is 0.557. The van der Waals surface area contributed by atoms with E-state index in [1.807, 2.05) is 30.6 Å². The highest BCUT2D eigenvalue weighted by Gasteiger charge is 2.27. The third kappa shape index (κ3) is 2.23. The zero-order chi connectivity index (χ0) is 15.8. The number of benzene rings is 1. The maximum atomic E-state index is 5.61. The molecule has 1 aliphatic rings. The van der Waals surface area contributed by atoms with E-state index >= 15 is 0 Å². The van der Waals surface area contributed by atoms with E-state index in [2.05, 4.69) is 46.1 Å². The predicted octanol–water partition coefficient (Wildman–Crippen LogP) is 4.17. The van der Waals surface area contributed by atoms with Crippen LogP contribution in [0.25, 0.3) is 0 Å². The molecule has 0 N–H and O–H groups in total. The largest absolute Gasteiger partial charge is 0.495 e. The fourth-order valence-corrected chi connectivity index (χ4v) is 3.04. The predicted molar refractivity (Wildman–Crippen MR) is 90.8 cm³/mol. The number of anilines is 3. The lowest BCUT2D eigenvalue weighted by Crippen LogP contribution is -2.21. The van der Waals surface area contributed by atoms with Gasteiger partial charge in [-0.2, -0.15) is 0 Å². The van der Waals surface area contributed by atoms with Gasteiger partial charge in [-0.05, 0) is 47.9 Å². The third-order valence-corrected chi connectivity index (χ3v) is 4.12. The maximum Gasteiger partial charge on any atom is 0.143 e. The molecule has 2 aromatic heterocycles. The van der Waals surface area contributed by atoms with Crippen LogP contribution in [0, 0.1) is 6.92 Å². The number of nitrogens with zero attached hydrogens (tertiary/aromatic N) is 3. The highest BCUT2D eigenvalue weighted by atomic mass is 16.5. The number of pyridine rings is 2. The second-order valence-corrected chi connectivity index (χ2v) is 5.66. The van der Waals surface area contributed by atoms with Crippen LogP contribution in [-0.2, 0) is 6.42 Å². The number of aryl methyl sites for hydroxylation is 1. The first-order chi connectivity index (χ1) is 11.3. The van der Waals surface area contributed by atoms with Crippen molar-refractivity contribution in [1.29, 1.82) is 0 Å². The lowest BCUT2D eigenvalue weighted by atomic mass is 10.0. The van der Waals surface area contributed by atoms with Crippen LogP contribution in [0.1, 0.15) is 16.7 Å². The molecule has 4 heteroatoms. The average Bonchev–Trinajstić information content (AvgIpc) is 2.60. The van der Waals surface area contributed by atoms with Crippen molar-refractivity contribution in [3.63, 3.8) is 0 Å². The van der Waals surface area contributed by atoms with Crippen LogP contribution in [0.3, 0.4) is 0 Å². The van der Waals surface area contributed by atoms with Crippen LogP contribution in [0.4, 0.5) is 17.3 Å². The van der Waals surface area contributed by atoms with E-state index in [-0.39, 0.29) is 0 Å². The van der Waals surface area contributed by atoms with Gasteiger partial charge in [0.25, 0.3) is 0 Å². The summed E-state index contributed by atoms with van der Waals surface area (Å²) in [5.74, 6) is 2.65. The molecular formula is C19H17N3O. The molecule has 0 radical (unpaired) electrons. The van der Waals surface area contributed by atoms with Gasteiger partial charge in [0.05, 0.1) is 12.8 Å². The van der Waals surface area contributed by atoms with Crippen LogP contribution >= 0.6 is 0 Å². The fraction of sp³-hybridized carbons (Fsp3) is 0.158. The summed E-state index contributed by atoms with van der Waals surface area (Å²) in [6, 6.07) is 14.4. The summed E-state index contributed by atoms with van der Waals surface area (Å²) in [6.45, 7) is 2.06. The van der Waals surface area contributed by atoms with E-state index in [9.17, 15) is 0 Å². The standard InChI is InChI=1S/C19H17N3O/c1-13-7-8-16(17(11-13)23-2)22-18-14(5-3-9-20-18)12-15-6-4-10-21-19(15)22/h3-11H,12H2,1-2H3. The monoisotopic (exact) mass is 303 g/mol. The Morgan fingerprint density at radius 3 is 2.22 bits per heavy atom. The van der Waals surface area contributed by atoms with Gasteiger partial charge in [-0.25, -0.2) is 9.97 Å². The Labute approximate surface area is 135 Å². The molecule has 0 saturated carbocycles. The van der Waals surface area contributed by atoms with E-state index in [4.69, 9.17) is 4.74 Å². The van der Waals surface area contributed by atoms with Crippen molar-refractivity contribution in [1.82, 2.24) is 9.97 Å². The molecular weight excluding hydrogens is 286 g/mol. The number of methoxy groups -OCH3 is 1. The summed E-state index contributed by atoms with van der Waals surface area (Å²) in [6.07, 6.45) is 4.48. The second kappa shape index (κ2) is 5.39. The lowest BCUT2D eigenvalue weighted by molar-refractivity contribution is 0.415. The molecule has 0 saturated heterocycles. The summed E-state index contributed by atoms with van der Waals surface area (Å²) < 4.78 is 5.61. The van der Waals surface area contributed by atoms with Gasteiger partial charge in [0, 0.05) is 18.8 Å². The molecule has 3 heterocycles. The summed E-state index contributed by atoms with van der Waals surface area (Å²) >= 11 is 0.